The molecular weight excluding hydrogens is 268 g/mol. The van der Waals surface area contributed by atoms with Gasteiger partial charge in [0.2, 0.25) is 0 Å². The maximum atomic E-state index is 11.4. The molecule has 0 saturated carbocycles. The molecule has 1 saturated heterocycles. The molecule has 0 unspecified atom stereocenters. The minimum atomic E-state index is -0.815. The van der Waals surface area contributed by atoms with Crippen LogP contribution < -0.4 is 10.6 Å². The van der Waals surface area contributed by atoms with E-state index < -0.39 is 17.8 Å². The summed E-state index contributed by atoms with van der Waals surface area (Å²) in [6, 6.07) is 4.89. The van der Waals surface area contributed by atoms with Gasteiger partial charge in [-0.3, -0.25) is 9.59 Å². The van der Waals surface area contributed by atoms with Gasteiger partial charge in [-0.05, 0) is 24.1 Å². The molecule has 1 heterocycles. The Hall–Kier alpha value is -1.75. The van der Waals surface area contributed by atoms with Gasteiger partial charge in [0.25, 0.3) is 5.91 Å². The van der Waals surface area contributed by atoms with Crippen LogP contribution in [-0.4, -0.2) is 30.1 Å². The molecule has 0 radical (unpaired) electrons. The van der Waals surface area contributed by atoms with E-state index in [1.165, 1.54) is 6.07 Å². The summed E-state index contributed by atoms with van der Waals surface area (Å²) >= 11 is 5.85. The summed E-state index contributed by atoms with van der Waals surface area (Å²) in [5.41, 5.74) is 6.31. The third-order valence-electron chi connectivity index (χ3n) is 3.49. The second-order valence-corrected chi connectivity index (χ2v) is 5.29. The first kappa shape index (κ1) is 13.7. The molecule has 2 rings (SSSR count). The molecule has 19 heavy (non-hydrogen) atoms. The van der Waals surface area contributed by atoms with Gasteiger partial charge in [0.05, 0.1) is 11.5 Å². The molecule has 3 N–H and O–H groups in total. The van der Waals surface area contributed by atoms with Crippen molar-refractivity contribution in [1.29, 1.82) is 0 Å². The maximum absolute atomic E-state index is 11.4. The van der Waals surface area contributed by atoms with Crippen LogP contribution in [-0.2, 0) is 4.79 Å². The fourth-order valence-electron chi connectivity index (χ4n) is 2.47. The van der Waals surface area contributed by atoms with Crippen LogP contribution in [0.5, 0.6) is 0 Å². The van der Waals surface area contributed by atoms with Crippen molar-refractivity contribution in [1.82, 2.24) is 0 Å². The Morgan fingerprint density at radius 2 is 2.11 bits per heavy atom. The first-order valence-corrected chi connectivity index (χ1v) is 6.35. The smallest absolute Gasteiger partial charge is 0.308 e. The average molecular weight is 283 g/mol. The number of halogens is 1. The van der Waals surface area contributed by atoms with E-state index in [1.54, 1.807) is 12.1 Å². The number of amides is 1. The van der Waals surface area contributed by atoms with Gasteiger partial charge in [-0.2, -0.15) is 0 Å². The SMILES string of the molecule is C[C@@H]1CN(c2ccc(Cl)cc2C(N)=O)C[C@H]1C(=O)O. The van der Waals surface area contributed by atoms with E-state index in [1.807, 2.05) is 11.8 Å². The summed E-state index contributed by atoms with van der Waals surface area (Å²) in [7, 11) is 0. The Labute approximate surface area is 116 Å². The van der Waals surface area contributed by atoms with Crippen LogP contribution in [0.25, 0.3) is 0 Å². The fraction of sp³-hybridized carbons (Fsp3) is 0.385. The summed E-state index contributed by atoms with van der Waals surface area (Å²) in [6.07, 6.45) is 0. The molecule has 5 nitrogen and oxygen atoms in total. The van der Waals surface area contributed by atoms with Gasteiger partial charge in [-0.25, -0.2) is 0 Å². The number of rotatable bonds is 3. The Bertz CT molecular complexity index is 533. The Kier molecular flexibility index (Phi) is 3.66. The van der Waals surface area contributed by atoms with E-state index in [2.05, 4.69) is 0 Å². The van der Waals surface area contributed by atoms with E-state index in [0.29, 0.717) is 29.4 Å². The monoisotopic (exact) mass is 282 g/mol. The largest absolute Gasteiger partial charge is 0.481 e. The van der Waals surface area contributed by atoms with Crippen LogP contribution in [0.1, 0.15) is 17.3 Å². The molecule has 1 aliphatic heterocycles. The molecular formula is C13H15ClN2O3. The van der Waals surface area contributed by atoms with Crippen molar-refractivity contribution < 1.29 is 14.7 Å². The van der Waals surface area contributed by atoms with Crippen molar-refractivity contribution in [3.63, 3.8) is 0 Å². The number of aliphatic carboxylic acids is 1. The molecule has 0 aliphatic carbocycles. The lowest BCUT2D eigenvalue weighted by atomic mass is 9.99. The zero-order chi connectivity index (χ0) is 14.2. The van der Waals surface area contributed by atoms with Gasteiger partial charge < -0.3 is 15.7 Å². The van der Waals surface area contributed by atoms with Crippen molar-refractivity contribution in [2.75, 3.05) is 18.0 Å². The second-order valence-electron chi connectivity index (χ2n) is 4.85. The highest BCUT2D eigenvalue weighted by molar-refractivity contribution is 6.31. The molecule has 0 bridgehead atoms. The van der Waals surface area contributed by atoms with Gasteiger partial charge in [-0.15, -0.1) is 0 Å². The summed E-state index contributed by atoms with van der Waals surface area (Å²) in [4.78, 5) is 24.4. The predicted molar refractivity (Wildman–Crippen MR) is 72.5 cm³/mol. The highest BCUT2D eigenvalue weighted by atomic mass is 35.5. The van der Waals surface area contributed by atoms with Crippen LogP contribution in [0.2, 0.25) is 5.02 Å². The molecule has 1 aliphatic rings. The van der Waals surface area contributed by atoms with Crippen LogP contribution in [0, 0.1) is 11.8 Å². The highest BCUT2D eigenvalue weighted by Crippen LogP contribution is 2.31. The highest BCUT2D eigenvalue weighted by Gasteiger charge is 2.35. The summed E-state index contributed by atoms with van der Waals surface area (Å²) in [6.45, 7) is 2.84. The van der Waals surface area contributed by atoms with Crippen molar-refractivity contribution in [2.45, 2.75) is 6.92 Å². The van der Waals surface area contributed by atoms with Gasteiger partial charge in [0, 0.05) is 23.8 Å². The maximum Gasteiger partial charge on any atom is 0.308 e. The Morgan fingerprint density at radius 3 is 2.63 bits per heavy atom. The lowest BCUT2D eigenvalue weighted by molar-refractivity contribution is -0.142. The molecule has 1 aromatic rings. The molecule has 0 aromatic heterocycles. The van der Waals surface area contributed by atoms with Crippen LogP contribution in [0.3, 0.4) is 0 Å². The third-order valence-corrected chi connectivity index (χ3v) is 3.73. The van der Waals surface area contributed by atoms with E-state index in [4.69, 9.17) is 22.4 Å². The number of carbonyl (C=O) groups is 2. The fourth-order valence-corrected chi connectivity index (χ4v) is 2.64. The number of carboxylic acids is 1. The third kappa shape index (κ3) is 2.66. The topological polar surface area (TPSA) is 83.6 Å². The number of hydrogen-bond acceptors (Lipinski definition) is 3. The zero-order valence-corrected chi connectivity index (χ0v) is 11.2. The molecule has 1 aromatic carbocycles. The first-order valence-electron chi connectivity index (χ1n) is 5.97. The number of primary amides is 1. The normalized spacial score (nSPS) is 22.5. The Balaban J connectivity index is 2.33. The number of carboxylic acid groups (broad SMARTS) is 1. The summed E-state index contributed by atoms with van der Waals surface area (Å²) < 4.78 is 0. The number of benzene rings is 1. The van der Waals surface area contributed by atoms with Crippen LogP contribution in [0.4, 0.5) is 5.69 Å². The van der Waals surface area contributed by atoms with Crippen molar-refractivity contribution in [3.05, 3.63) is 28.8 Å². The van der Waals surface area contributed by atoms with Crippen molar-refractivity contribution in [2.24, 2.45) is 17.6 Å². The van der Waals surface area contributed by atoms with Gasteiger partial charge in [0.15, 0.2) is 0 Å². The number of nitrogens with zero attached hydrogens (tertiary/aromatic N) is 1. The molecule has 0 spiro atoms. The molecule has 1 amide bonds. The summed E-state index contributed by atoms with van der Waals surface area (Å²) in [5, 5.41) is 9.56. The molecule has 6 heteroatoms. The van der Waals surface area contributed by atoms with E-state index >= 15 is 0 Å². The van der Waals surface area contributed by atoms with E-state index in [-0.39, 0.29) is 5.92 Å². The number of hydrogen-bond donors (Lipinski definition) is 2. The number of anilines is 1. The lowest BCUT2D eigenvalue weighted by Crippen LogP contribution is -2.25. The van der Waals surface area contributed by atoms with Crippen molar-refractivity contribution >= 4 is 29.2 Å². The van der Waals surface area contributed by atoms with Gasteiger partial charge >= 0.3 is 5.97 Å². The second kappa shape index (κ2) is 5.09. The van der Waals surface area contributed by atoms with E-state index in [9.17, 15) is 9.59 Å². The predicted octanol–water partition coefficient (Wildman–Crippen LogP) is 1.60. The standard InChI is InChI=1S/C13H15ClN2O3/c1-7-5-16(6-10(7)13(18)19)11-3-2-8(14)4-9(11)12(15)17/h2-4,7,10H,5-6H2,1H3,(H2,15,17)(H,18,19)/t7-,10-/m1/s1. The van der Waals surface area contributed by atoms with Crippen LogP contribution >= 0.6 is 11.6 Å². The first-order chi connectivity index (χ1) is 8.90. The quantitative estimate of drug-likeness (QED) is 0.882. The van der Waals surface area contributed by atoms with Crippen molar-refractivity contribution in [3.8, 4) is 0 Å². The van der Waals surface area contributed by atoms with Gasteiger partial charge in [-0.1, -0.05) is 18.5 Å². The van der Waals surface area contributed by atoms with Crippen LogP contribution in [0.15, 0.2) is 18.2 Å². The van der Waals surface area contributed by atoms with E-state index in [0.717, 1.165) is 0 Å². The molecule has 1 fully saturated rings. The molecule has 2 atom stereocenters. The van der Waals surface area contributed by atoms with Gasteiger partial charge in [0.1, 0.15) is 0 Å². The lowest BCUT2D eigenvalue weighted by Gasteiger charge is -2.21. The summed E-state index contributed by atoms with van der Waals surface area (Å²) in [5.74, 6) is -1.79. The minimum Gasteiger partial charge on any atom is -0.481 e. The average Bonchev–Trinajstić information content (AvgIpc) is 2.71. The zero-order valence-electron chi connectivity index (χ0n) is 10.5. The Morgan fingerprint density at radius 1 is 1.42 bits per heavy atom. The minimum absolute atomic E-state index is 0.0221. The number of nitrogens with two attached hydrogens (primary N) is 1. The number of carbonyl (C=O) groups excluding carboxylic acids is 1. The molecule has 102 valence electrons.